The highest BCUT2D eigenvalue weighted by molar-refractivity contribution is 7.11. The summed E-state index contributed by atoms with van der Waals surface area (Å²) < 4.78 is 0. The van der Waals surface area contributed by atoms with Gasteiger partial charge in [-0.1, -0.05) is 6.07 Å². The third-order valence-electron chi connectivity index (χ3n) is 5.01. The first kappa shape index (κ1) is 16.2. The summed E-state index contributed by atoms with van der Waals surface area (Å²) in [5.74, 6) is 0.759. The van der Waals surface area contributed by atoms with Crippen molar-refractivity contribution in [2.24, 2.45) is 0 Å². The molecule has 0 bridgehead atoms. The van der Waals surface area contributed by atoms with E-state index < -0.39 is 0 Å². The Bertz CT molecular complexity index is 630. The Morgan fingerprint density at radius 3 is 2.88 bits per heavy atom. The number of nitrogens with one attached hydrogen (secondary N) is 1. The van der Waals surface area contributed by atoms with E-state index in [1.54, 1.807) is 0 Å². The van der Waals surface area contributed by atoms with E-state index in [1.807, 2.05) is 23.6 Å². The fourth-order valence-electron chi connectivity index (χ4n) is 3.49. The van der Waals surface area contributed by atoms with Crippen LogP contribution in [0.15, 0.2) is 30.6 Å². The molecule has 0 spiro atoms. The molecule has 24 heavy (non-hydrogen) atoms. The van der Waals surface area contributed by atoms with Crippen LogP contribution < -0.4 is 5.32 Å². The molecule has 1 aliphatic heterocycles. The maximum absolute atomic E-state index is 4.67. The van der Waals surface area contributed by atoms with Gasteiger partial charge in [0.1, 0.15) is 0 Å². The van der Waals surface area contributed by atoms with E-state index in [0.29, 0.717) is 6.04 Å². The second-order valence-electron chi connectivity index (χ2n) is 7.00. The molecule has 1 saturated heterocycles. The summed E-state index contributed by atoms with van der Waals surface area (Å²) in [5, 5.41) is 4.89. The van der Waals surface area contributed by atoms with Crippen molar-refractivity contribution in [2.75, 3.05) is 13.1 Å². The number of aromatic nitrogens is 2. The van der Waals surface area contributed by atoms with Crippen molar-refractivity contribution in [2.45, 2.75) is 57.2 Å². The van der Waals surface area contributed by atoms with E-state index in [1.165, 1.54) is 47.7 Å². The van der Waals surface area contributed by atoms with Crippen LogP contribution in [0.2, 0.25) is 0 Å². The molecule has 1 N–H and O–H groups in total. The number of hydrogen-bond acceptors (Lipinski definition) is 5. The molecule has 3 heterocycles. The Hall–Kier alpha value is -1.30. The molecule has 2 aromatic heterocycles. The molecule has 0 amide bonds. The Labute approximate surface area is 148 Å². The molecule has 1 aliphatic carbocycles. The topological polar surface area (TPSA) is 41.1 Å². The van der Waals surface area contributed by atoms with Crippen molar-refractivity contribution in [3.05, 3.63) is 46.2 Å². The van der Waals surface area contributed by atoms with Crippen LogP contribution in [0.5, 0.6) is 0 Å². The van der Waals surface area contributed by atoms with Crippen LogP contribution >= 0.6 is 11.3 Å². The number of hydrogen-bond donors (Lipinski definition) is 1. The minimum absolute atomic E-state index is 0.633. The molecule has 1 saturated carbocycles. The number of nitrogens with zero attached hydrogens (tertiary/aromatic N) is 3. The summed E-state index contributed by atoms with van der Waals surface area (Å²) in [5.41, 5.74) is 1.17. The minimum Gasteiger partial charge on any atom is -0.317 e. The van der Waals surface area contributed by atoms with Gasteiger partial charge in [0.15, 0.2) is 0 Å². The van der Waals surface area contributed by atoms with E-state index in [0.717, 1.165) is 32.1 Å². The van der Waals surface area contributed by atoms with Crippen LogP contribution in [0.25, 0.3) is 0 Å². The van der Waals surface area contributed by atoms with E-state index in [4.69, 9.17) is 0 Å². The largest absolute Gasteiger partial charge is 0.317 e. The third kappa shape index (κ3) is 4.21. The third-order valence-corrected chi connectivity index (χ3v) is 6.15. The van der Waals surface area contributed by atoms with Crippen molar-refractivity contribution in [3.63, 3.8) is 0 Å². The molecule has 5 heteroatoms. The number of rotatable bonds is 6. The van der Waals surface area contributed by atoms with Crippen molar-refractivity contribution in [1.29, 1.82) is 0 Å². The molecule has 0 radical (unpaired) electrons. The Morgan fingerprint density at radius 2 is 2.04 bits per heavy atom. The standard InChI is InChI=1S/C19H26N4S/c1-2-10-21-16(4-1)13-23(17-5-3-9-20-11-8-17)14-18-12-22-19(24-18)15-6-7-15/h1-2,4,10,12,15,17,20H,3,5-9,11,13-14H2. The molecule has 128 valence electrons. The summed E-state index contributed by atoms with van der Waals surface area (Å²) in [4.78, 5) is 13.3. The maximum Gasteiger partial charge on any atom is 0.0959 e. The Balaban J connectivity index is 1.49. The van der Waals surface area contributed by atoms with E-state index >= 15 is 0 Å². The second kappa shape index (κ2) is 7.72. The second-order valence-corrected chi connectivity index (χ2v) is 8.15. The molecular weight excluding hydrogens is 316 g/mol. The van der Waals surface area contributed by atoms with E-state index in [2.05, 4.69) is 38.5 Å². The summed E-state index contributed by atoms with van der Waals surface area (Å²) in [7, 11) is 0. The zero-order valence-corrected chi connectivity index (χ0v) is 15.0. The lowest BCUT2D eigenvalue weighted by molar-refractivity contribution is 0.163. The smallest absolute Gasteiger partial charge is 0.0959 e. The van der Waals surface area contributed by atoms with Crippen LogP contribution in [0.4, 0.5) is 0 Å². The van der Waals surface area contributed by atoms with Crippen LogP contribution in [0.3, 0.4) is 0 Å². The SMILES string of the molecule is c1ccc(CN(Cc2cnc(C3CC3)s2)C2CCCNCC2)nc1. The van der Waals surface area contributed by atoms with Gasteiger partial charge < -0.3 is 5.32 Å². The molecule has 0 aromatic carbocycles. The molecule has 2 fully saturated rings. The van der Waals surface area contributed by atoms with Gasteiger partial charge in [0.05, 0.1) is 10.7 Å². The molecular formula is C19H26N4S. The fourth-order valence-corrected chi connectivity index (χ4v) is 4.61. The van der Waals surface area contributed by atoms with Gasteiger partial charge in [0, 0.05) is 42.3 Å². The lowest BCUT2D eigenvalue weighted by Gasteiger charge is -2.30. The highest BCUT2D eigenvalue weighted by Gasteiger charge is 2.27. The molecule has 1 atom stereocenters. The van der Waals surface area contributed by atoms with Gasteiger partial charge in [-0.15, -0.1) is 11.3 Å². The summed E-state index contributed by atoms with van der Waals surface area (Å²) >= 11 is 1.92. The van der Waals surface area contributed by atoms with Gasteiger partial charge in [-0.05, 0) is 57.3 Å². The van der Waals surface area contributed by atoms with Crippen LogP contribution in [0, 0.1) is 0 Å². The predicted octanol–water partition coefficient (Wildman–Crippen LogP) is 3.56. The van der Waals surface area contributed by atoms with Crippen LogP contribution in [-0.4, -0.2) is 34.0 Å². The first-order valence-electron chi connectivity index (χ1n) is 9.18. The average molecular weight is 343 g/mol. The zero-order valence-electron chi connectivity index (χ0n) is 14.2. The number of thiazole rings is 1. The highest BCUT2D eigenvalue weighted by Crippen LogP contribution is 2.42. The quantitative estimate of drug-likeness (QED) is 0.871. The lowest BCUT2D eigenvalue weighted by atomic mass is 10.1. The Morgan fingerprint density at radius 1 is 1.08 bits per heavy atom. The van der Waals surface area contributed by atoms with Gasteiger partial charge in [-0.3, -0.25) is 9.88 Å². The normalized spacial score (nSPS) is 21.8. The summed E-state index contributed by atoms with van der Waals surface area (Å²) in [6.07, 6.45) is 10.4. The monoisotopic (exact) mass is 342 g/mol. The van der Waals surface area contributed by atoms with E-state index in [-0.39, 0.29) is 0 Å². The van der Waals surface area contributed by atoms with Crippen LogP contribution in [-0.2, 0) is 13.1 Å². The first-order chi connectivity index (χ1) is 11.9. The van der Waals surface area contributed by atoms with Gasteiger partial charge in [-0.2, -0.15) is 0 Å². The molecule has 2 aliphatic rings. The lowest BCUT2D eigenvalue weighted by Crippen LogP contribution is -2.35. The van der Waals surface area contributed by atoms with Crippen molar-refractivity contribution in [1.82, 2.24) is 20.2 Å². The highest BCUT2D eigenvalue weighted by atomic mass is 32.1. The van der Waals surface area contributed by atoms with E-state index in [9.17, 15) is 0 Å². The molecule has 1 unspecified atom stereocenters. The minimum atomic E-state index is 0.633. The first-order valence-corrected chi connectivity index (χ1v) is 9.99. The van der Waals surface area contributed by atoms with Crippen molar-refractivity contribution < 1.29 is 0 Å². The molecule has 4 rings (SSSR count). The van der Waals surface area contributed by atoms with Gasteiger partial charge in [0.25, 0.3) is 0 Å². The Kier molecular flexibility index (Phi) is 5.21. The molecule has 4 nitrogen and oxygen atoms in total. The average Bonchev–Trinajstić information content (AvgIpc) is 3.40. The fraction of sp³-hybridized carbons (Fsp3) is 0.579. The zero-order chi connectivity index (χ0) is 16.2. The summed E-state index contributed by atoms with van der Waals surface area (Å²) in [6, 6.07) is 6.86. The van der Waals surface area contributed by atoms with Gasteiger partial charge in [-0.25, -0.2) is 4.98 Å². The molecule has 2 aromatic rings. The van der Waals surface area contributed by atoms with Crippen molar-refractivity contribution in [3.8, 4) is 0 Å². The summed E-state index contributed by atoms with van der Waals surface area (Å²) in [6.45, 7) is 4.22. The number of pyridine rings is 1. The predicted molar refractivity (Wildman–Crippen MR) is 98.1 cm³/mol. The van der Waals surface area contributed by atoms with Crippen molar-refractivity contribution >= 4 is 11.3 Å². The van der Waals surface area contributed by atoms with Gasteiger partial charge >= 0.3 is 0 Å². The van der Waals surface area contributed by atoms with Gasteiger partial charge in [0.2, 0.25) is 0 Å². The van der Waals surface area contributed by atoms with Crippen LogP contribution in [0.1, 0.15) is 53.6 Å². The maximum atomic E-state index is 4.67.